The summed E-state index contributed by atoms with van der Waals surface area (Å²) >= 11 is 0. The summed E-state index contributed by atoms with van der Waals surface area (Å²) in [6.45, 7) is -1.85. The quantitative estimate of drug-likeness (QED) is 0.585. The molecule has 1 aliphatic heterocycles. The van der Waals surface area contributed by atoms with Crippen LogP contribution in [-0.2, 0) is 4.79 Å². The minimum atomic E-state index is -3.01. The fourth-order valence-electron chi connectivity index (χ4n) is 3.66. The molecule has 0 aromatic heterocycles. The molecule has 6 nitrogen and oxygen atoms in total. The number of ether oxygens (including phenoxy) is 2. The smallest absolute Gasteiger partial charge is 0.387 e. The number of carbonyl (C=O) groups excluding carboxylic acids is 2. The van der Waals surface area contributed by atoms with Gasteiger partial charge < -0.3 is 19.3 Å². The number of nitrogens with zero attached hydrogens (tertiary/aromatic N) is 2. The summed E-state index contributed by atoms with van der Waals surface area (Å²) in [6.07, 6.45) is 0. The lowest BCUT2D eigenvalue weighted by Crippen LogP contribution is -2.51. The highest BCUT2D eigenvalue weighted by Gasteiger charge is 2.27. The Kier molecular flexibility index (Phi) is 6.49. The average Bonchev–Trinajstić information content (AvgIpc) is 2.82. The predicted molar refractivity (Wildman–Crippen MR) is 115 cm³/mol. The second-order valence-corrected chi connectivity index (χ2v) is 7.35. The Morgan fingerprint density at radius 1 is 0.844 bits per heavy atom. The lowest BCUT2D eigenvalue weighted by molar-refractivity contribution is -0.134. The third kappa shape index (κ3) is 4.96. The van der Waals surface area contributed by atoms with Crippen LogP contribution < -0.4 is 9.47 Å². The third-order valence-electron chi connectivity index (χ3n) is 5.34. The molecule has 0 N–H and O–H groups in total. The van der Waals surface area contributed by atoms with E-state index in [2.05, 4.69) is 4.74 Å². The average molecular weight is 440 g/mol. The van der Waals surface area contributed by atoms with Crippen molar-refractivity contribution in [1.82, 2.24) is 9.80 Å². The van der Waals surface area contributed by atoms with Crippen LogP contribution in [0.1, 0.15) is 10.4 Å². The number of rotatable bonds is 6. The largest absolute Gasteiger partial charge is 0.484 e. The highest BCUT2D eigenvalue weighted by molar-refractivity contribution is 5.97. The van der Waals surface area contributed by atoms with Crippen molar-refractivity contribution >= 4 is 22.6 Å². The number of piperazine rings is 1. The zero-order chi connectivity index (χ0) is 22.5. The molecule has 4 rings (SSSR count). The van der Waals surface area contributed by atoms with Gasteiger partial charge in [0.1, 0.15) is 11.5 Å². The fourth-order valence-corrected chi connectivity index (χ4v) is 3.66. The molecule has 0 bridgehead atoms. The molecule has 8 heteroatoms. The molecule has 1 saturated heterocycles. The summed E-state index contributed by atoms with van der Waals surface area (Å²) in [5, 5.41) is 2.12. The van der Waals surface area contributed by atoms with E-state index in [0.29, 0.717) is 31.9 Å². The molecule has 1 fully saturated rings. The number of alkyl halides is 2. The monoisotopic (exact) mass is 440 g/mol. The first kappa shape index (κ1) is 21.5. The first-order valence-electron chi connectivity index (χ1n) is 10.2. The maximum atomic E-state index is 12.8. The van der Waals surface area contributed by atoms with Gasteiger partial charge >= 0.3 is 6.61 Å². The van der Waals surface area contributed by atoms with Gasteiger partial charge in [0.25, 0.3) is 11.8 Å². The van der Waals surface area contributed by atoms with Gasteiger partial charge in [-0.25, -0.2) is 0 Å². The molecule has 166 valence electrons. The van der Waals surface area contributed by atoms with Crippen LogP contribution >= 0.6 is 0 Å². The van der Waals surface area contributed by atoms with Crippen LogP contribution in [0.4, 0.5) is 8.78 Å². The van der Waals surface area contributed by atoms with Gasteiger partial charge in [-0.2, -0.15) is 8.78 Å². The van der Waals surface area contributed by atoms with Crippen LogP contribution in [0.5, 0.6) is 11.5 Å². The number of fused-ring (bicyclic) bond motifs is 1. The summed E-state index contributed by atoms with van der Waals surface area (Å²) in [6, 6.07) is 19.4. The minimum Gasteiger partial charge on any atom is -0.484 e. The Hall–Kier alpha value is -3.68. The van der Waals surface area contributed by atoms with Crippen LogP contribution in [-0.4, -0.2) is 61.0 Å². The van der Waals surface area contributed by atoms with Crippen LogP contribution in [0.25, 0.3) is 10.8 Å². The minimum absolute atomic E-state index is 0.0761. The molecule has 0 unspecified atom stereocenters. The van der Waals surface area contributed by atoms with Crippen molar-refractivity contribution in [3.63, 3.8) is 0 Å². The van der Waals surface area contributed by atoms with E-state index in [-0.39, 0.29) is 23.8 Å². The van der Waals surface area contributed by atoms with Crippen molar-refractivity contribution in [2.24, 2.45) is 0 Å². The van der Waals surface area contributed by atoms with Crippen molar-refractivity contribution in [3.8, 4) is 11.5 Å². The molecule has 0 aliphatic carbocycles. The van der Waals surface area contributed by atoms with E-state index < -0.39 is 12.5 Å². The number of halogens is 2. The number of hydrogen-bond donors (Lipinski definition) is 0. The Morgan fingerprint density at radius 3 is 2.25 bits per heavy atom. The van der Waals surface area contributed by atoms with Crippen molar-refractivity contribution in [2.75, 3.05) is 32.8 Å². The van der Waals surface area contributed by atoms with Gasteiger partial charge in [0.05, 0.1) is 5.56 Å². The molecule has 0 saturated carbocycles. The van der Waals surface area contributed by atoms with Crippen molar-refractivity contribution < 1.29 is 27.8 Å². The number of carbonyl (C=O) groups is 2. The molecule has 2 amide bonds. The zero-order valence-corrected chi connectivity index (χ0v) is 17.2. The Balaban J connectivity index is 1.31. The maximum absolute atomic E-state index is 12.8. The first-order valence-corrected chi connectivity index (χ1v) is 10.2. The summed E-state index contributed by atoms with van der Waals surface area (Å²) in [7, 11) is 0. The molecule has 0 radical (unpaired) electrons. The van der Waals surface area contributed by atoms with E-state index in [9.17, 15) is 18.4 Å². The highest BCUT2D eigenvalue weighted by Crippen LogP contribution is 2.23. The standard InChI is InChI=1S/C24H22F2N2O4/c25-24(26)32-21-8-4-3-7-20(21)23(30)28-13-11-27(12-14-28)22(29)16-31-19-10-9-17-5-1-2-6-18(17)15-19/h1-10,15,24H,11-14,16H2. The lowest BCUT2D eigenvalue weighted by Gasteiger charge is -2.35. The van der Waals surface area contributed by atoms with E-state index in [0.717, 1.165) is 10.8 Å². The third-order valence-corrected chi connectivity index (χ3v) is 5.34. The number of amides is 2. The second kappa shape index (κ2) is 9.64. The lowest BCUT2D eigenvalue weighted by atomic mass is 10.1. The summed E-state index contributed by atoms with van der Waals surface area (Å²) in [5.74, 6) is -0.122. The molecular weight excluding hydrogens is 418 g/mol. The van der Waals surface area contributed by atoms with Crippen LogP contribution in [0.15, 0.2) is 66.7 Å². The van der Waals surface area contributed by atoms with Gasteiger partial charge in [0.15, 0.2) is 6.61 Å². The van der Waals surface area contributed by atoms with E-state index in [1.807, 2.05) is 42.5 Å². The van der Waals surface area contributed by atoms with Gasteiger partial charge in [-0.15, -0.1) is 0 Å². The van der Waals surface area contributed by atoms with Crippen LogP contribution in [0.2, 0.25) is 0 Å². The van der Waals surface area contributed by atoms with E-state index >= 15 is 0 Å². The van der Waals surface area contributed by atoms with Crippen molar-refractivity contribution in [1.29, 1.82) is 0 Å². The topological polar surface area (TPSA) is 59.1 Å². The number of benzene rings is 3. The molecule has 32 heavy (non-hydrogen) atoms. The van der Waals surface area contributed by atoms with E-state index in [1.54, 1.807) is 11.0 Å². The van der Waals surface area contributed by atoms with Gasteiger partial charge in [0, 0.05) is 26.2 Å². The summed E-state index contributed by atoms with van der Waals surface area (Å²) in [4.78, 5) is 28.5. The van der Waals surface area contributed by atoms with Gasteiger partial charge in [0.2, 0.25) is 0 Å². The predicted octanol–water partition coefficient (Wildman–Crippen LogP) is 3.80. The van der Waals surface area contributed by atoms with Gasteiger partial charge in [-0.05, 0) is 35.0 Å². The molecule has 1 aliphatic rings. The Labute approximate surface area is 183 Å². The molecular formula is C24H22F2N2O4. The van der Waals surface area contributed by atoms with Crippen LogP contribution in [0, 0.1) is 0 Å². The fraction of sp³-hybridized carbons (Fsp3) is 0.250. The first-order chi connectivity index (χ1) is 15.5. The Bertz CT molecular complexity index is 1110. The molecule has 3 aromatic rings. The Morgan fingerprint density at radius 2 is 1.50 bits per heavy atom. The molecule has 0 spiro atoms. The molecule has 1 heterocycles. The van der Waals surface area contributed by atoms with Crippen molar-refractivity contribution in [3.05, 3.63) is 72.3 Å². The SMILES string of the molecule is O=C(COc1ccc2ccccc2c1)N1CCN(C(=O)c2ccccc2OC(F)F)CC1. The van der Waals surface area contributed by atoms with Gasteiger partial charge in [-0.3, -0.25) is 9.59 Å². The molecule has 3 aromatic carbocycles. The number of para-hydroxylation sites is 1. The van der Waals surface area contributed by atoms with Crippen molar-refractivity contribution in [2.45, 2.75) is 6.61 Å². The van der Waals surface area contributed by atoms with E-state index in [1.165, 1.54) is 23.1 Å². The van der Waals surface area contributed by atoms with Crippen LogP contribution in [0.3, 0.4) is 0 Å². The summed E-state index contributed by atoms with van der Waals surface area (Å²) < 4.78 is 35.4. The highest BCUT2D eigenvalue weighted by atomic mass is 19.3. The maximum Gasteiger partial charge on any atom is 0.387 e. The van der Waals surface area contributed by atoms with E-state index in [4.69, 9.17) is 4.74 Å². The number of hydrogen-bond acceptors (Lipinski definition) is 4. The second-order valence-electron chi connectivity index (χ2n) is 7.35. The molecule has 0 atom stereocenters. The van der Waals surface area contributed by atoms with Gasteiger partial charge in [-0.1, -0.05) is 42.5 Å². The zero-order valence-electron chi connectivity index (χ0n) is 17.2. The normalized spacial score (nSPS) is 14.0. The summed E-state index contributed by atoms with van der Waals surface area (Å²) in [5.41, 5.74) is 0.0761.